The minimum Gasteiger partial charge on any atom is -0.376 e. The summed E-state index contributed by atoms with van der Waals surface area (Å²) < 4.78 is 0. The van der Waals surface area contributed by atoms with E-state index >= 15 is 0 Å². The van der Waals surface area contributed by atoms with Gasteiger partial charge in [0.25, 0.3) is 0 Å². The van der Waals surface area contributed by atoms with Gasteiger partial charge in [0.1, 0.15) is 6.23 Å². The fourth-order valence-electron chi connectivity index (χ4n) is 1.24. The second kappa shape index (κ2) is 7.22. The maximum Gasteiger partial charge on any atom is 0.231 e. The van der Waals surface area contributed by atoms with Crippen LogP contribution in [-0.2, 0) is 4.79 Å². The summed E-state index contributed by atoms with van der Waals surface area (Å²) in [4.78, 5) is 10.6. The minimum absolute atomic E-state index is 0. The van der Waals surface area contributed by atoms with Crippen LogP contribution in [0.25, 0.3) is 0 Å². The minimum atomic E-state index is -0.795. The number of benzene rings is 1. The molecule has 90 valence electrons. The summed E-state index contributed by atoms with van der Waals surface area (Å²) in [5, 5.41) is 9.69. The first-order valence-corrected chi connectivity index (χ1v) is 4.86. The summed E-state index contributed by atoms with van der Waals surface area (Å²) in [6.07, 6.45) is -0.795. The number of carbonyl (C=O) groups is 1. The van der Waals surface area contributed by atoms with E-state index in [1.165, 1.54) is 6.92 Å². The van der Waals surface area contributed by atoms with Crippen LogP contribution in [0, 0.1) is 0 Å². The molecule has 1 amide bonds. The molecule has 2 atom stereocenters. The number of hydrogen-bond donors (Lipinski definition) is 3. The van der Waals surface area contributed by atoms with Gasteiger partial charge in [0.15, 0.2) is 0 Å². The average Bonchev–Trinajstić information content (AvgIpc) is 2.26. The molecule has 0 aliphatic heterocycles. The number of amides is 1. The van der Waals surface area contributed by atoms with E-state index in [9.17, 15) is 9.90 Å². The summed E-state index contributed by atoms with van der Waals surface area (Å²) >= 11 is 0. The van der Waals surface area contributed by atoms with E-state index in [-0.39, 0.29) is 24.2 Å². The van der Waals surface area contributed by atoms with Crippen molar-refractivity contribution in [3.8, 4) is 0 Å². The van der Waals surface area contributed by atoms with Gasteiger partial charge in [0.05, 0.1) is 0 Å². The average molecular weight is 245 g/mol. The molecule has 16 heavy (non-hydrogen) atoms. The van der Waals surface area contributed by atoms with Gasteiger partial charge in [-0.15, -0.1) is 12.4 Å². The Labute approximate surface area is 101 Å². The molecule has 0 radical (unpaired) electrons. The third kappa shape index (κ3) is 4.61. The zero-order valence-corrected chi connectivity index (χ0v) is 10.1. The lowest BCUT2D eigenvalue weighted by atomic mass is 10.00. The Morgan fingerprint density at radius 2 is 1.88 bits per heavy atom. The molecule has 0 spiro atoms. The van der Waals surface area contributed by atoms with Crippen LogP contribution in [0.1, 0.15) is 25.3 Å². The van der Waals surface area contributed by atoms with Gasteiger partial charge >= 0.3 is 0 Å². The molecular formula is C11H17ClN2O2. The molecule has 1 aromatic rings. The van der Waals surface area contributed by atoms with Crippen molar-refractivity contribution in [1.29, 1.82) is 0 Å². The molecule has 0 fully saturated rings. The van der Waals surface area contributed by atoms with Gasteiger partial charge in [-0.05, 0) is 5.56 Å². The van der Waals surface area contributed by atoms with E-state index in [1.807, 2.05) is 37.3 Å². The van der Waals surface area contributed by atoms with Crippen LogP contribution in [0.5, 0.6) is 0 Å². The Hall–Kier alpha value is -1.10. The van der Waals surface area contributed by atoms with E-state index in [0.717, 1.165) is 5.56 Å². The Morgan fingerprint density at radius 1 is 1.31 bits per heavy atom. The van der Waals surface area contributed by atoms with Crippen LogP contribution in [0.4, 0.5) is 0 Å². The van der Waals surface area contributed by atoms with Crippen molar-refractivity contribution in [3.05, 3.63) is 35.9 Å². The van der Waals surface area contributed by atoms with Crippen LogP contribution in [0.3, 0.4) is 0 Å². The number of nitrogens with one attached hydrogen (secondary N) is 2. The van der Waals surface area contributed by atoms with Crippen LogP contribution < -0.4 is 10.9 Å². The summed E-state index contributed by atoms with van der Waals surface area (Å²) in [6, 6.07) is 9.62. The van der Waals surface area contributed by atoms with Crippen LogP contribution in [0.2, 0.25) is 0 Å². The first-order valence-electron chi connectivity index (χ1n) is 4.86. The normalized spacial score (nSPS) is 13.4. The molecule has 2 unspecified atom stereocenters. The molecule has 0 saturated heterocycles. The Balaban J connectivity index is 0.00000225. The van der Waals surface area contributed by atoms with E-state index in [1.54, 1.807) is 0 Å². The number of hydrogen-bond acceptors (Lipinski definition) is 3. The largest absolute Gasteiger partial charge is 0.376 e. The summed E-state index contributed by atoms with van der Waals surface area (Å²) in [5.41, 5.74) is 5.91. The first-order chi connectivity index (χ1) is 7.11. The van der Waals surface area contributed by atoms with Gasteiger partial charge in [0.2, 0.25) is 5.91 Å². The van der Waals surface area contributed by atoms with Crippen LogP contribution in [-0.4, -0.2) is 17.2 Å². The zero-order chi connectivity index (χ0) is 11.3. The lowest BCUT2D eigenvalue weighted by Gasteiger charge is -2.20. The lowest BCUT2D eigenvalue weighted by molar-refractivity contribution is -0.121. The Morgan fingerprint density at radius 3 is 2.38 bits per heavy atom. The van der Waals surface area contributed by atoms with Crippen LogP contribution >= 0.6 is 12.4 Å². The number of aliphatic hydroxyl groups excluding tert-OH is 1. The van der Waals surface area contributed by atoms with Gasteiger partial charge < -0.3 is 5.11 Å². The number of rotatable bonds is 4. The second-order valence-electron chi connectivity index (χ2n) is 3.47. The van der Waals surface area contributed by atoms with Crippen molar-refractivity contribution in [2.75, 3.05) is 0 Å². The maximum absolute atomic E-state index is 10.6. The van der Waals surface area contributed by atoms with E-state index in [0.29, 0.717) is 0 Å². The number of halogens is 1. The molecule has 5 heteroatoms. The number of hydrazine groups is 1. The molecular weight excluding hydrogens is 228 g/mol. The molecule has 0 saturated carbocycles. The molecule has 1 aromatic carbocycles. The molecule has 0 heterocycles. The first kappa shape index (κ1) is 14.9. The van der Waals surface area contributed by atoms with Crippen molar-refractivity contribution in [2.24, 2.45) is 0 Å². The van der Waals surface area contributed by atoms with Gasteiger partial charge in [-0.3, -0.25) is 10.2 Å². The topological polar surface area (TPSA) is 61.4 Å². The number of carbonyl (C=O) groups excluding carboxylic acids is 1. The summed E-state index contributed by atoms with van der Waals surface area (Å²) in [6.45, 7) is 3.27. The smallest absolute Gasteiger partial charge is 0.231 e. The summed E-state index contributed by atoms with van der Waals surface area (Å²) in [5.74, 6) is -0.313. The van der Waals surface area contributed by atoms with Crippen molar-refractivity contribution < 1.29 is 9.90 Å². The maximum atomic E-state index is 10.6. The van der Waals surface area contributed by atoms with Gasteiger partial charge in [0, 0.05) is 12.8 Å². The molecule has 4 nitrogen and oxygen atoms in total. The van der Waals surface area contributed by atoms with E-state index in [4.69, 9.17) is 0 Å². The predicted molar refractivity (Wildman–Crippen MR) is 65.1 cm³/mol. The van der Waals surface area contributed by atoms with Gasteiger partial charge in [-0.2, -0.15) is 0 Å². The van der Waals surface area contributed by atoms with Gasteiger partial charge in [-0.1, -0.05) is 37.3 Å². The van der Waals surface area contributed by atoms with Crippen molar-refractivity contribution in [2.45, 2.75) is 26.0 Å². The fourth-order valence-corrected chi connectivity index (χ4v) is 1.24. The molecule has 1 rings (SSSR count). The van der Waals surface area contributed by atoms with E-state index < -0.39 is 6.23 Å². The molecule has 0 aromatic heterocycles. The zero-order valence-electron chi connectivity index (χ0n) is 9.31. The van der Waals surface area contributed by atoms with Crippen molar-refractivity contribution in [1.82, 2.24) is 10.9 Å². The van der Waals surface area contributed by atoms with Crippen molar-refractivity contribution >= 4 is 18.3 Å². The molecule has 0 bridgehead atoms. The molecule has 3 N–H and O–H groups in total. The Kier molecular flexibility index (Phi) is 6.72. The predicted octanol–water partition coefficient (Wildman–Crippen LogP) is 1.17. The van der Waals surface area contributed by atoms with Crippen molar-refractivity contribution in [3.63, 3.8) is 0 Å². The molecule has 0 aliphatic carbocycles. The van der Waals surface area contributed by atoms with Crippen LogP contribution in [0.15, 0.2) is 30.3 Å². The Bertz CT molecular complexity index is 319. The highest BCUT2D eigenvalue weighted by atomic mass is 35.5. The fraction of sp³-hybridized carbons (Fsp3) is 0.364. The lowest BCUT2D eigenvalue weighted by Crippen LogP contribution is -2.45. The standard InChI is InChI=1S/C11H16N2O2.ClH/c1-8(10-6-4-3-5-7-10)11(15)13-12-9(2)14;/h3-8,11,13,15H,1-2H3,(H,12,14);1H. The van der Waals surface area contributed by atoms with E-state index in [2.05, 4.69) is 10.9 Å². The quantitative estimate of drug-likeness (QED) is 0.551. The SMILES string of the molecule is CC(=O)NNC(O)C(C)c1ccccc1.Cl. The second-order valence-corrected chi connectivity index (χ2v) is 3.47. The highest BCUT2D eigenvalue weighted by Crippen LogP contribution is 2.16. The third-order valence-electron chi connectivity index (χ3n) is 2.20. The van der Waals surface area contributed by atoms with Gasteiger partial charge in [-0.25, -0.2) is 5.43 Å². The summed E-state index contributed by atoms with van der Waals surface area (Å²) in [7, 11) is 0. The highest BCUT2D eigenvalue weighted by Gasteiger charge is 2.15. The third-order valence-corrected chi connectivity index (χ3v) is 2.20. The monoisotopic (exact) mass is 244 g/mol. The molecule has 0 aliphatic rings. The highest BCUT2D eigenvalue weighted by molar-refractivity contribution is 5.85. The number of aliphatic hydroxyl groups is 1.